The molecule has 0 spiro atoms. The normalized spacial score (nSPS) is 12.5. The second kappa shape index (κ2) is 9.94. The highest BCUT2D eigenvalue weighted by Gasteiger charge is 2.19. The van der Waals surface area contributed by atoms with Gasteiger partial charge in [0.05, 0.1) is 5.83 Å². The van der Waals surface area contributed by atoms with Crippen molar-refractivity contribution < 1.29 is 9.18 Å². The summed E-state index contributed by atoms with van der Waals surface area (Å²) >= 11 is 0. The first-order valence-electron chi connectivity index (χ1n) is 7.38. The number of carbonyl (C=O) groups is 1. The molecule has 1 nitrogen and oxygen atoms in total. The third-order valence-electron chi connectivity index (χ3n) is 3.20. The maximum absolute atomic E-state index is 13.0. The lowest BCUT2D eigenvalue weighted by Crippen LogP contribution is -2.19. The quantitative estimate of drug-likeness (QED) is 0.363. The van der Waals surface area contributed by atoms with Crippen LogP contribution in [0.5, 0.6) is 0 Å². The third-order valence-corrected chi connectivity index (χ3v) is 3.20. The fourth-order valence-corrected chi connectivity index (χ4v) is 1.87. The molecule has 0 aromatic rings. The molecule has 0 aliphatic heterocycles. The van der Waals surface area contributed by atoms with Crippen LogP contribution in [0.2, 0.25) is 0 Å². The van der Waals surface area contributed by atoms with Crippen LogP contribution in [-0.2, 0) is 4.79 Å². The van der Waals surface area contributed by atoms with Gasteiger partial charge < -0.3 is 0 Å². The van der Waals surface area contributed by atoms with Crippen molar-refractivity contribution in [2.75, 3.05) is 0 Å². The van der Waals surface area contributed by atoms with Gasteiger partial charge >= 0.3 is 0 Å². The fraction of sp³-hybridized carbons (Fsp3) is 0.706. The fourth-order valence-electron chi connectivity index (χ4n) is 1.87. The van der Waals surface area contributed by atoms with Crippen molar-refractivity contribution in [2.24, 2.45) is 5.41 Å². The number of hydrogen-bond donors (Lipinski definition) is 0. The topological polar surface area (TPSA) is 17.1 Å². The molecule has 0 radical (unpaired) electrons. The highest BCUT2D eigenvalue weighted by molar-refractivity contribution is 5.83. The summed E-state index contributed by atoms with van der Waals surface area (Å²) in [5, 5.41) is 0. The van der Waals surface area contributed by atoms with Gasteiger partial charge in [-0.15, -0.1) is 0 Å². The molecule has 0 heterocycles. The molecule has 0 unspecified atom stereocenters. The molecule has 110 valence electrons. The molecule has 19 heavy (non-hydrogen) atoms. The number of carbonyl (C=O) groups excluding carboxylic acids is 1. The zero-order valence-corrected chi connectivity index (χ0v) is 12.8. The maximum atomic E-state index is 13.0. The number of ketones is 1. The molecule has 0 aromatic heterocycles. The van der Waals surface area contributed by atoms with Crippen LogP contribution in [0, 0.1) is 5.41 Å². The Kier molecular flexibility index (Phi) is 9.46. The largest absolute Gasteiger partial charge is 0.299 e. The number of rotatable bonds is 10. The monoisotopic (exact) mass is 268 g/mol. The summed E-state index contributed by atoms with van der Waals surface area (Å²) in [5.74, 6) is 0.273. The average Bonchev–Trinajstić information content (AvgIpc) is 2.31. The molecule has 0 amide bonds. The second-order valence-electron chi connectivity index (χ2n) is 6.14. The van der Waals surface area contributed by atoms with Gasteiger partial charge in [-0.3, -0.25) is 4.79 Å². The number of halogens is 1. The Balaban J connectivity index is 3.40. The Morgan fingerprint density at radius 2 is 1.47 bits per heavy atom. The minimum absolute atomic E-state index is 0.0780. The number of unbranched alkanes of at least 4 members (excludes halogenated alkanes) is 5. The van der Waals surface area contributed by atoms with E-state index in [1.807, 2.05) is 20.8 Å². The summed E-state index contributed by atoms with van der Waals surface area (Å²) < 4.78 is 13.0. The van der Waals surface area contributed by atoms with Gasteiger partial charge in [-0.1, -0.05) is 59.1 Å². The molecule has 0 N–H and O–H groups in total. The number of Topliss-reactive ketones (excluding diaryl/α,β-unsaturated/α-hetero) is 1. The van der Waals surface area contributed by atoms with Gasteiger partial charge in [-0.25, -0.2) is 4.39 Å². The predicted octanol–water partition coefficient (Wildman–Crippen LogP) is 5.76. The lowest BCUT2D eigenvalue weighted by atomic mass is 9.88. The van der Waals surface area contributed by atoms with E-state index in [0.717, 1.165) is 38.5 Å². The van der Waals surface area contributed by atoms with Crippen molar-refractivity contribution in [1.82, 2.24) is 0 Å². The average molecular weight is 268 g/mol. The number of allylic oxidation sites excluding steroid dienone is 3. The Labute approximate surface area is 118 Å². The van der Waals surface area contributed by atoms with E-state index in [-0.39, 0.29) is 11.2 Å². The molecule has 0 bridgehead atoms. The van der Waals surface area contributed by atoms with E-state index < -0.39 is 0 Å². The van der Waals surface area contributed by atoms with Crippen LogP contribution in [0.1, 0.15) is 72.1 Å². The highest BCUT2D eigenvalue weighted by Crippen LogP contribution is 2.19. The van der Waals surface area contributed by atoms with Crippen LogP contribution in [0.4, 0.5) is 4.39 Å². The van der Waals surface area contributed by atoms with E-state index in [1.165, 1.54) is 12.2 Å². The van der Waals surface area contributed by atoms with Gasteiger partial charge in [0.25, 0.3) is 0 Å². The maximum Gasteiger partial charge on any atom is 0.138 e. The van der Waals surface area contributed by atoms with Crippen molar-refractivity contribution >= 4 is 5.78 Å². The molecule has 0 saturated carbocycles. The summed E-state index contributed by atoms with van der Waals surface area (Å²) in [7, 11) is 0. The first-order chi connectivity index (χ1) is 8.88. The molecule has 0 aromatic carbocycles. The zero-order chi connectivity index (χ0) is 14.7. The Morgan fingerprint density at radius 1 is 1.00 bits per heavy atom. The SMILES string of the molecule is C=CC=C(F)CCCCCCCCC(=O)C(C)(C)C. The van der Waals surface area contributed by atoms with E-state index in [9.17, 15) is 9.18 Å². The van der Waals surface area contributed by atoms with E-state index >= 15 is 0 Å². The minimum atomic E-state index is -0.199. The number of hydrogen-bond acceptors (Lipinski definition) is 1. The second-order valence-corrected chi connectivity index (χ2v) is 6.14. The van der Waals surface area contributed by atoms with Gasteiger partial charge in [-0.2, -0.15) is 0 Å². The molecule has 0 saturated heterocycles. The van der Waals surface area contributed by atoms with Crippen LogP contribution < -0.4 is 0 Å². The summed E-state index contributed by atoms with van der Waals surface area (Å²) in [6.07, 6.45) is 10.5. The van der Waals surface area contributed by atoms with Gasteiger partial charge in [-0.05, 0) is 25.3 Å². The molecular formula is C17H29FO. The molecule has 0 fully saturated rings. The molecule has 0 aliphatic carbocycles. The van der Waals surface area contributed by atoms with Gasteiger partial charge in [0.15, 0.2) is 0 Å². The van der Waals surface area contributed by atoms with Gasteiger partial charge in [0, 0.05) is 11.8 Å². The molecule has 2 heteroatoms. The lowest BCUT2D eigenvalue weighted by Gasteiger charge is -2.16. The van der Waals surface area contributed by atoms with Gasteiger partial charge in [0.2, 0.25) is 0 Å². The van der Waals surface area contributed by atoms with Crippen LogP contribution in [0.3, 0.4) is 0 Å². The summed E-state index contributed by atoms with van der Waals surface area (Å²) in [5.41, 5.74) is -0.199. The minimum Gasteiger partial charge on any atom is -0.299 e. The highest BCUT2D eigenvalue weighted by atomic mass is 19.1. The summed E-state index contributed by atoms with van der Waals surface area (Å²) in [6, 6.07) is 0. The first kappa shape index (κ1) is 18.1. The van der Waals surface area contributed by atoms with Crippen LogP contribution in [-0.4, -0.2) is 5.78 Å². The van der Waals surface area contributed by atoms with Crippen LogP contribution >= 0.6 is 0 Å². The van der Waals surface area contributed by atoms with Crippen LogP contribution in [0.25, 0.3) is 0 Å². The van der Waals surface area contributed by atoms with Crippen LogP contribution in [0.15, 0.2) is 24.6 Å². The zero-order valence-electron chi connectivity index (χ0n) is 12.8. The van der Waals surface area contributed by atoms with Crippen molar-refractivity contribution in [3.05, 3.63) is 24.6 Å². The van der Waals surface area contributed by atoms with E-state index in [2.05, 4.69) is 6.58 Å². The molecule has 0 atom stereocenters. The van der Waals surface area contributed by atoms with Crippen molar-refractivity contribution in [3.8, 4) is 0 Å². The molecule has 0 aliphatic rings. The van der Waals surface area contributed by atoms with Crippen molar-refractivity contribution in [3.63, 3.8) is 0 Å². The van der Waals surface area contributed by atoms with Crippen molar-refractivity contribution in [2.45, 2.75) is 72.1 Å². The third kappa shape index (κ3) is 10.7. The Hall–Kier alpha value is -0.920. The molecular weight excluding hydrogens is 239 g/mol. The lowest BCUT2D eigenvalue weighted by molar-refractivity contribution is -0.126. The molecule has 0 rings (SSSR count). The predicted molar refractivity (Wildman–Crippen MR) is 80.8 cm³/mol. The summed E-state index contributed by atoms with van der Waals surface area (Å²) in [6.45, 7) is 9.38. The Morgan fingerprint density at radius 3 is 1.95 bits per heavy atom. The van der Waals surface area contributed by atoms with E-state index in [0.29, 0.717) is 18.6 Å². The van der Waals surface area contributed by atoms with E-state index in [4.69, 9.17) is 0 Å². The van der Waals surface area contributed by atoms with E-state index in [1.54, 1.807) is 0 Å². The summed E-state index contributed by atoms with van der Waals surface area (Å²) in [4.78, 5) is 11.7. The first-order valence-corrected chi connectivity index (χ1v) is 7.38. The standard InChI is InChI=1S/C17H29FO/c1-5-12-15(18)13-10-8-6-7-9-11-14-16(19)17(2,3)4/h5,12H,1,6-11,13-14H2,2-4H3. The van der Waals surface area contributed by atoms with Crippen molar-refractivity contribution in [1.29, 1.82) is 0 Å². The van der Waals surface area contributed by atoms with Gasteiger partial charge in [0.1, 0.15) is 5.78 Å². The Bertz CT molecular complexity index is 297. The smallest absolute Gasteiger partial charge is 0.138 e.